The van der Waals surface area contributed by atoms with Crippen LogP contribution in [-0.2, 0) is 14.7 Å². The van der Waals surface area contributed by atoms with Crippen molar-refractivity contribution in [2.75, 3.05) is 0 Å². The summed E-state index contributed by atoms with van der Waals surface area (Å²) in [7, 11) is -0.371. The van der Waals surface area contributed by atoms with E-state index in [-0.39, 0.29) is 30.4 Å². The van der Waals surface area contributed by atoms with Gasteiger partial charge >= 0.3 is 7.12 Å². The van der Waals surface area contributed by atoms with Gasteiger partial charge in [-0.05, 0) is 86.8 Å². The Hall–Kier alpha value is -2.49. The van der Waals surface area contributed by atoms with Crippen LogP contribution >= 0.6 is 0 Å². The molecule has 0 spiro atoms. The zero-order valence-corrected chi connectivity index (χ0v) is 21.5. The van der Waals surface area contributed by atoms with Crippen molar-refractivity contribution >= 4 is 35.7 Å². The summed E-state index contributed by atoms with van der Waals surface area (Å²) in [5, 5.41) is 0. The lowest BCUT2D eigenvalue weighted by atomic mass is 9.30. The lowest BCUT2D eigenvalue weighted by Gasteiger charge is -2.43. The zero-order chi connectivity index (χ0) is 24.2. The average molecular weight is 450 g/mol. The van der Waals surface area contributed by atoms with E-state index >= 15 is 0 Å². The van der Waals surface area contributed by atoms with E-state index in [1.165, 1.54) is 38.6 Å². The Labute approximate surface area is 204 Å². The van der Waals surface area contributed by atoms with Gasteiger partial charge in [0.05, 0.1) is 11.2 Å². The van der Waals surface area contributed by atoms with Crippen LogP contribution in [0.5, 0.6) is 11.5 Å². The number of fused-ring (bicyclic) bond motifs is 4. The molecular formula is C29H32B2O3. The third-order valence-corrected chi connectivity index (χ3v) is 8.61. The fraction of sp³-hybridized carbons (Fsp3) is 0.379. The molecule has 0 unspecified atom stereocenters. The Kier molecular flexibility index (Phi) is 4.40. The molecule has 5 heteroatoms. The van der Waals surface area contributed by atoms with Crippen LogP contribution in [0.2, 0.25) is 0 Å². The minimum Gasteiger partial charge on any atom is -0.458 e. The first-order valence-electron chi connectivity index (χ1n) is 12.3. The highest BCUT2D eigenvalue weighted by atomic mass is 16.7. The molecule has 0 radical (unpaired) electrons. The first-order valence-corrected chi connectivity index (χ1v) is 12.3. The van der Waals surface area contributed by atoms with Gasteiger partial charge in [0.2, 0.25) is 0 Å². The van der Waals surface area contributed by atoms with Crippen LogP contribution in [0.25, 0.3) is 0 Å². The van der Waals surface area contributed by atoms with E-state index in [2.05, 4.69) is 104 Å². The van der Waals surface area contributed by atoms with Crippen molar-refractivity contribution in [2.24, 2.45) is 0 Å². The van der Waals surface area contributed by atoms with Crippen LogP contribution in [0.15, 0.2) is 48.5 Å². The summed E-state index contributed by atoms with van der Waals surface area (Å²) >= 11 is 0. The molecule has 3 nitrogen and oxygen atoms in total. The second-order valence-corrected chi connectivity index (χ2v) is 11.8. The van der Waals surface area contributed by atoms with Crippen molar-refractivity contribution in [3.05, 3.63) is 70.8 Å². The van der Waals surface area contributed by atoms with Crippen molar-refractivity contribution in [2.45, 2.75) is 72.0 Å². The topological polar surface area (TPSA) is 27.7 Å². The summed E-state index contributed by atoms with van der Waals surface area (Å²) in [4.78, 5) is 0. The molecule has 3 heterocycles. The fourth-order valence-corrected chi connectivity index (χ4v) is 6.13. The number of rotatable bonds is 1. The average Bonchev–Trinajstić information content (AvgIpc) is 2.98. The Balaban J connectivity index is 1.58. The Bertz CT molecular complexity index is 1340. The molecule has 172 valence electrons. The van der Waals surface area contributed by atoms with Crippen molar-refractivity contribution < 1.29 is 14.0 Å². The highest BCUT2D eigenvalue weighted by Gasteiger charge is 2.52. The number of aryl methyl sites for hydroxylation is 2. The molecule has 0 atom stereocenters. The summed E-state index contributed by atoms with van der Waals surface area (Å²) in [6, 6.07) is 17.7. The largest absolute Gasteiger partial charge is 0.494 e. The predicted molar refractivity (Wildman–Crippen MR) is 141 cm³/mol. The van der Waals surface area contributed by atoms with Gasteiger partial charge in [0.15, 0.2) is 0 Å². The van der Waals surface area contributed by atoms with Gasteiger partial charge in [0, 0.05) is 5.41 Å². The van der Waals surface area contributed by atoms with E-state index in [0.717, 1.165) is 17.0 Å². The highest BCUT2D eigenvalue weighted by molar-refractivity contribution is 6.98. The van der Waals surface area contributed by atoms with Crippen molar-refractivity contribution in [3.8, 4) is 11.5 Å². The molecule has 34 heavy (non-hydrogen) atoms. The molecule has 1 fully saturated rings. The van der Waals surface area contributed by atoms with Crippen LogP contribution in [-0.4, -0.2) is 25.0 Å². The van der Waals surface area contributed by atoms with Crippen LogP contribution in [0.3, 0.4) is 0 Å². The summed E-state index contributed by atoms with van der Waals surface area (Å²) in [6.45, 7) is 17.6. The normalized spacial score (nSPS) is 20.4. The first kappa shape index (κ1) is 22.0. The van der Waals surface area contributed by atoms with E-state index in [4.69, 9.17) is 14.0 Å². The third-order valence-electron chi connectivity index (χ3n) is 8.61. The van der Waals surface area contributed by atoms with Gasteiger partial charge < -0.3 is 14.0 Å². The molecule has 1 saturated heterocycles. The minimum absolute atomic E-state index is 0.156. The van der Waals surface area contributed by atoms with Crippen LogP contribution in [0.4, 0.5) is 0 Å². The molecular weight excluding hydrogens is 418 g/mol. The lowest BCUT2D eigenvalue weighted by Crippen LogP contribution is -2.63. The van der Waals surface area contributed by atoms with Gasteiger partial charge in [-0.1, -0.05) is 61.3 Å². The van der Waals surface area contributed by atoms with Gasteiger partial charge in [-0.2, -0.15) is 0 Å². The lowest BCUT2D eigenvalue weighted by molar-refractivity contribution is 0.00578. The monoisotopic (exact) mass is 450 g/mol. The molecule has 0 aromatic heterocycles. The molecule has 3 aliphatic rings. The zero-order valence-electron chi connectivity index (χ0n) is 21.5. The molecule has 0 saturated carbocycles. The number of benzene rings is 3. The predicted octanol–water partition coefficient (Wildman–Crippen LogP) is 3.86. The van der Waals surface area contributed by atoms with Gasteiger partial charge in [0.1, 0.15) is 11.5 Å². The fourth-order valence-electron chi connectivity index (χ4n) is 6.13. The van der Waals surface area contributed by atoms with E-state index in [9.17, 15) is 0 Å². The third kappa shape index (κ3) is 2.86. The van der Waals surface area contributed by atoms with Crippen LogP contribution in [0.1, 0.15) is 63.8 Å². The smallest absolute Gasteiger partial charge is 0.458 e. The number of hydrogen-bond donors (Lipinski definition) is 0. The maximum atomic E-state index is 6.45. The molecule has 3 aromatic rings. The number of hydrogen-bond acceptors (Lipinski definition) is 3. The van der Waals surface area contributed by atoms with Crippen LogP contribution < -0.4 is 26.6 Å². The highest BCUT2D eigenvalue weighted by Crippen LogP contribution is 2.41. The second kappa shape index (κ2) is 6.80. The minimum atomic E-state index is -0.371. The second-order valence-electron chi connectivity index (χ2n) is 11.8. The van der Waals surface area contributed by atoms with Crippen molar-refractivity contribution in [1.82, 2.24) is 0 Å². The summed E-state index contributed by atoms with van der Waals surface area (Å²) in [6.07, 6.45) is 0. The van der Waals surface area contributed by atoms with E-state index in [0.29, 0.717) is 0 Å². The van der Waals surface area contributed by atoms with E-state index in [1.807, 2.05) is 0 Å². The molecule has 3 aromatic carbocycles. The molecule has 0 bridgehead atoms. The Morgan fingerprint density at radius 3 is 2.09 bits per heavy atom. The van der Waals surface area contributed by atoms with Gasteiger partial charge in [-0.25, -0.2) is 0 Å². The summed E-state index contributed by atoms with van der Waals surface area (Å²) < 4.78 is 19.3. The molecule has 3 aliphatic heterocycles. The van der Waals surface area contributed by atoms with E-state index in [1.54, 1.807) is 0 Å². The summed E-state index contributed by atoms with van der Waals surface area (Å²) in [5.74, 6) is 1.94. The van der Waals surface area contributed by atoms with E-state index < -0.39 is 0 Å². The molecule has 0 N–H and O–H groups in total. The van der Waals surface area contributed by atoms with Gasteiger partial charge in [-0.15, -0.1) is 0 Å². The van der Waals surface area contributed by atoms with Crippen molar-refractivity contribution in [3.63, 3.8) is 0 Å². The SMILES string of the molecule is Cc1ccc2c(c1)B1c3ccc(B4OC(C)(C)C(C)(C)O4)cc3C(C)(C)c3c(C)ccc(c31)O2. The maximum absolute atomic E-state index is 6.45. The van der Waals surface area contributed by atoms with Gasteiger partial charge in [0.25, 0.3) is 6.71 Å². The van der Waals surface area contributed by atoms with Crippen LogP contribution in [0, 0.1) is 13.8 Å². The quantitative estimate of drug-likeness (QED) is 0.413. The first-order chi connectivity index (χ1) is 15.9. The maximum Gasteiger partial charge on any atom is 0.494 e. The van der Waals surface area contributed by atoms with Gasteiger partial charge in [-0.3, -0.25) is 0 Å². The van der Waals surface area contributed by atoms with Crippen molar-refractivity contribution in [1.29, 1.82) is 0 Å². The molecule has 6 rings (SSSR count). The molecule has 0 amide bonds. The Morgan fingerprint density at radius 2 is 1.38 bits per heavy atom. The molecule has 0 aliphatic carbocycles. The number of ether oxygens (including phenoxy) is 1. The standard InChI is InChI=1S/C29H32B2O3/c1-17-9-13-23-22(15-17)30-21-12-11-19(31-33-28(5,6)29(7,8)34-31)16-20(21)27(3,4)25-18(2)10-14-24(32-23)26(25)30/h9-16H,1-8H3. The Morgan fingerprint density at radius 1 is 0.706 bits per heavy atom. The summed E-state index contributed by atoms with van der Waals surface area (Å²) in [5.41, 5.74) is 9.37.